The minimum atomic E-state index is -3.95. The fourth-order valence-corrected chi connectivity index (χ4v) is 4.50. The highest BCUT2D eigenvalue weighted by molar-refractivity contribution is 7.91. The van der Waals surface area contributed by atoms with Crippen molar-refractivity contribution in [3.63, 3.8) is 0 Å². The van der Waals surface area contributed by atoms with Crippen molar-refractivity contribution in [2.45, 2.75) is 17.1 Å². The van der Waals surface area contributed by atoms with Gasteiger partial charge >= 0.3 is 0 Å². The Morgan fingerprint density at radius 2 is 1.90 bits per heavy atom. The average Bonchev–Trinajstić information content (AvgIpc) is 3.24. The number of nitrogens with one attached hydrogen (secondary N) is 1. The predicted octanol–water partition coefficient (Wildman–Crippen LogP) is 3.68. The largest absolute Gasteiger partial charge is 0.497 e. The van der Waals surface area contributed by atoms with E-state index in [9.17, 15) is 17.6 Å². The summed E-state index contributed by atoms with van der Waals surface area (Å²) in [5.41, 5.74) is 0.575. The van der Waals surface area contributed by atoms with Gasteiger partial charge in [-0.25, -0.2) is 12.8 Å². The summed E-state index contributed by atoms with van der Waals surface area (Å²) in [4.78, 5) is 12.4. The van der Waals surface area contributed by atoms with Crippen LogP contribution in [0.2, 0.25) is 0 Å². The number of amides is 1. The maximum absolute atomic E-state index is 13.6. The molecule has 1 atom stereocenters. The molecule has 29 heavy (non-hydrogen) atoms. The van der Waals surface area contributed by atoms with Crippen molar-refractivity contribution in [2.75, 3.05) is 13.7 Å². The summed E-state index contributed by atoms with van der Waals surface area (Å²) in [6.07, 6.45) is 1.36. The Morgan fingerprint density at radius 3 is 2.48 bits per heavy atom. The molecule has 0 aliphatic carbocycles. The normalized spacial score (nSPS) is 12.4. The smallest absolute Gasteiger partial charge is 0.251 e. The van der Waals surface area contributed by atoms with Crippen molar-refractivity contribution in [1.82, 2.24) is 5.32 Å². The van der Waals surface area contributed by atoms with Crippen molar-refractivity contribution >= 4 is 15.7 Å². The lowest BCUT2D eigenvalue weighted by Gasteiger charge is -2.17. The molecule has 0 aliphatic rings. The van der Waals surface area contributed by atoms with Gasteiger partial charge in [-0.2, -0.15) is 0 Å². The SMILES string of the molecule is COc1ccc(C(=O)NC[C@@H](c2ccco2)S(=O)(=O)c2ccc(F)c(C)c2)cc1. The number of benzene rings is 2. The van der Waals surface area contributed by atoms with Gasteiger partial charge in [0.2, 0.25) is 0 Å². The summed E-state index contributed by atoms with van der Waals surface area (Å²) in [5, 5.41) is 1.47. The van der Waals surface area contributed by atoms with Crippen molar-refractivity contribution in [3.05, 3.63) is 83.6 Å². The molecule has 3 aromatic rings. The zero-order valence-electron chi connectivity index (χ0n) is 15.9. The van der Waals surface area contributed by atoms with Gasteiger partial charge in [0, 0.05) is 12.1 Å². The highest BCUT2D eigenvalue weighted by atomic mass is 32.2. The molecule has 0 unspecified atom stereocenters. The Morgan fingerprint density at radius 1 is 1.17 bits per heavy atom. The van der Waals surface area contributed by atoms with Crippen LogP contribution in [0.4, 0.5) is 4.39 Å². The molecule has 0 spiro atoms. The van der Waals surface area contributed by atoms with E-state index in [0.29, 0.717) is 11.3 Å². The van der Waals surface area contributed by atoms with Crippen molar-refractivity contribution in [2.24, 2.45) is 0 Å². The second-order valence-corrected chi connectivity index (χ2v) is 8.53. The predicted molar refractivity (Wildman–Crippen MR) is 105 cm³/mol. The van der Waals surface area contributed by atoms with Gasteiger partial charge in [-0.1, -0.05) is 0 Å². The van der Waals surface area contributed by atoms with Gasteiger partial charge in [-0.15, -0.1) is 0 Å². The quantitative estimate of drug-likeness (QED) is 0.593. The molecule has 0 aliphatic heterocycles. The van der Waals surface area contributed by atoms with Gasteiger partial charge in [0.1, 0.15) is 22.6 Å². The maximum Gasteiger partial charge on any atom is 0.251 e. The summed E-state index contributed by atoms with van der Waals surface area (Å²) in [7, 11) is -2.43. The Bertz CT molecular complexity index is 1090. The van der Waals surface area contributed by atoms with Crippen molar-refractivity contribution in [1.29, 1.82) is 0 Å². The van der Waals surface area contributed by atoms with Crippen LogP contribution in [0.25, 0.3) is 0 Å². The number of carbonyl (C=O) groups is 1. The molecule has 1 amide bonds. The number of ether oxygens (including phenoxy) is 1. The molecule has 1 N–H and O–H groups in total. The zero-order chi connectivity index (χ0) is 21.0. The first-order chi connectivity index (χ1) is 13.8. The van der Waals surface area contributed by atoms with Crippen LogP contribution < -0.4 is 10.1 Å². The third-order valence-corrected chi connectivity index (χ3v) is 6.55. The fraction of sp³-hybridized carbons (Fsp3) is 0.190. The lowest BCUT2D eigenvalue weighted by atomic mass is 10.2. The van der Waals surface area contributed by atoms with Crippen LogP contribution >= 0.6 is 0 Å². The lowest BCUT2D eigenvalue weighted by molar-refractivity contribution is 0.0953. The third kappa shape index (κ3) is 4.48. The maximum atomic E-state index is 13.6. The molecule has 0 bridgehead atoms. The molecular formula is C21H20FNO5S. The molecule has 0 saturated carbocycles. The zero-order valence-corrected chi connectivity index (χ0v) is 16.7. The van der Waals surface area contributed by atoms with E-state index in [0.717, 1.165) is 6.07 Å². The highest BCUT2D eigenvalue weighted by Crippen LogP contribution is 2.30. The molecule has 3 rings (SSSR count). The topological polar surface area (TPSA) is 85.6 Å². The molecule has 1 aromatic heterocycles. The number of furan rings is 1. The Balaban J connectivity index is 1.86. The fourth-order valence-electron chi connectivity index (χ4n) is 2.83. The van der Waals surface area contributed by atoms with E-state index in [1.807, 2.05) is 0 Å². The third-order valence-electron chi connectivity index (χ3n) is 4.49. The number of hydrogen-bond acceptors (Lipinski definition) is 5. The minimum absolute atomic E-state index is 0.0449. The van der Waals surface area contributed by atoms with E-state index in [-0.39, 0.29) is 22.8 Å². The highest BCUT2D eigenvalue weighted by Gasteiger charge is 2.32. The lowest BCUT2D eigenvalue weighted by Crippen LogP contribution is -2.31. The van der Waals surface area contributed by atoms with E-state index in [4.69, 9.17) is 9.15 Å². The number of halogens is 1. The molecular weight excluding hydrogens is 397 g/mol. The Hall–Kier alpha value is -3.13. The molecule has 152 valence electrons. The van der Waals surface area contributed by atoms with E-state index >= 15 is 0 Å². The van der Waals surface area contributed by atoms with Gasteiger partial charge in [0.05, 0.1) is 18.3 Å². The molecule has 0 fully saturated rings. The molecule has 8 heteroatoms. The van der Waals surface area contributed by atoms with Gasteiger partial charge in [0.15, 0.2) is 9.84 Å². The Labute approximate surface area is 168 Å². The Kier molecular flexibility index (Phi) is 6.03. The second kappa shape index (κ2) is 8.48. The van der Waals surface area contributed by atoms with Crippen LogP contribution in [0.1, 0.15) is 26.9 Å². The standard InChI is InChI=1S/C21H20FNO5S/c1-14-12-17(9-10-18(14)22)29(25,26)20(19-4-3-11-28-19)13-23-21(24)15-5-7-16(27-2)8-6-15/h3-12,20H,13H2,1-2H3,(H,23,24)/t20-/m0/s1. The first-order valence-electron chi connectivity index (χ1n) is 8.78. The average molecular weight is 417 g/mol. The number of methoxy groups -OCH3 is 1. The number of aryl methyl sites for hydroxylation is 1. The summed E-state index contributed by atoms with van der Waals surface area (Å²) in [6.45, 7) is 1.28. The van der Waals surface area contributed by atoms with Gasteiger partial charge in [0.25, 0.3) is 5.91 Å². The summed E-state index contributed by atoms with van der Waals surface area (Å²) in [5.74, 6) is -0.146. The summed E-state index contributed by atoms with van der Waals surface area (Å²) >= 11 is 0. The van der Waals surface area contributed by atoms with Crippen molar-refractivity contribution < 1.29 is 26.8 Å². The molecule has 6 nitrogen and oxygen atoms in total. The number of hydrogen-bond donors (Lipinski definition) is 1. The van der Waals surface area contributed by atoms with Crippen molar-refractivity contribution in [3.8, 4) is 5.75 Å². The summed E-state index contributed by atoms with van der Waals surface area (Å²) < 4.78 is 50.3. The number of rotatable bonds is 7. The number of carbonyl (C=O) groups excluding carboxylic acids is 1. The van der Waals surface area contributed by atoms with Crippen LogP contribution in [0.5, 0.6) is 5.75 Å². The molecule has 2 aromatic carbocycles. The van der Waals surface area contributed by atoms with Crippen LogP contribution in [0.3, 0.4) is 0 Å². The van der Waals surface area contributed by atoms with Gasteiger partial charge < -0.3 is 14.5 Å². The molecule has 0 saturated heterocycles. The number of sulfone groups is 1. The van der Waals surface area contributed by atoms with E-state index < -0.39 is 26.8 Å². The second-order valence-electron chi connectivity index (χ2n) is 6.40. The molecule has 1 heterocycles. The first kappa shape index (κ1) is 20.6. The van der Waals surface area contributed by atoms with Crippen LogP contribution in [-0.4, -0.2) is 28.0 Å². The van der Waals surface area contributed by atoms with E-state index in [1.54, 1.807) is 30.3 Å². The summed E-state index contributed by atoms with van der Waals surface area (Å²) in [6, 6.07) is 13.1. The monoisotopic (exact) mass is 417 g/mol. The van der Waals surface area contributed by atoms with E-state index in [1.165, 1.54) is 38.5 Å². The van der Waals surface area contributed by atoms with E-state index in [2.05, 4.69) is 5.32 Å². The van der Waals surface area contributed by atoms with Gasteiger partial charge in [-0.3, -0.25) is 4.79 Å². The van der Waals surface area contributed by atoms with Crippen LogP contribution in [-0.2, 0) is 9.84 Å². The first-order valence-corrected chi connectivity index (χ1v) is 10.3. The van der Waals surface area contributed by atoms with Crippen LogP contribution in [0.15, 0.2) is 70.2 Å². The van der Waals surface area contributed by atoms with Gasteiger partial charge in [-0.05, 0) is 67.1 Å². The van der Waals surface area contributed by atoms with Crippen LogP contribution in [0, 0.1) is 12.7 Å². The molecule has 0 radical (unpaired) electrons. The minimum Gasteiger partial charge on any atom is -0.497 e.